The molecule has 4 amide bonds. The van der Waals surface area contributed by atoms with Gasteiger partial charge in [-0.15, -0.1) is 0 Å². The summed E-state index contributed by atoms with van der Waals surface area (Å²) in [5, 5.41) is 8.94. The van der Waals surface area contributed by atoms with Gasteiger partial charge in [0, 0.05) is 19.7 Å². The molecule has 0 aliphatic carbocycles. The van der Waals surface area contributed by atoms with Crippen molar-refractivity contribution < 1.29 is 37.1 Å². The number of aliphatic imine (C=N–C) groups is 1. The molecular formula is C21H20ClFN4O7S. The van der Waals surface area contributed by atoms with Crippen molar-refractivity contribution in [3.8, 4) is 11.5 Å². The van der Waals surface area contributed by atoms with Gasteiger partial charge in [0.15, 0.2) is 0 Å². The van der Waals surface area contributed by atoms with Gasteiger partial charge in [-0.25, -0.2) is 23.1 Å². The van der Waals surface area contributed by atoms with E-state index in [9.17, 15) is 27.2 Å². The Labute approximate surface area is 204 Å². The monoisotopic (exact) mass is 526 g/mol. The van der Waals surface area contributed by atoms with Crippen LogP contribution in [-0.4, -0.2) is 65.5 Å². The lowest BCUT2D eigenvalue weighted by Crippen LogP contribution is -2.49. The number of rotatable bonds is 9. The van der Waals surface area contributed by atoms with E-state index < -0.39 is 39.7 Å². The van der Waals surface area contributed by atoms with Crippen LogP contribution in [0, 0.1) is 5.82 Å². The molecule has 1 unspecified atom stereocenters. The van der Waals surface area contributed by atoms with Gasteiger partial charge in [-0.1, -0.05) is 17.7 Å². The number of nitrogens with zero attached hydrogens (tertiary/aromatic N) is 3. The van der Waals surface area contributed by atoms with Gasteiger partial charge in [0.1, 0.15) is 28.5 Å². The third-order valence-corrected chi connectivity index (χ3v) is 7.16. The molecule has 2 aromatic carbocycles. The maximum absolute atomic E-state index is 13.3. The van der Waals surface area contributed by atoms with Gasteiger partial charge < -0.3 is 4.74 Å². The first-order chi connectivity index (χ1) is 16.5. The first-order valence-electron chi connectivity index (χ1n) is 10.1. The number of likely N-dealkylation sites (N-methyl/N-ethyl adjacent to an activating group) is 1. The fourth-order valence-electron chi connectivity index (χ4n) is 3.23. The summed E-state index contributed by atoms with van der Waals surface area (Å²) in [6.07, 6.45) is -0.629. The number of halogens is 2. The van der Waals surface area contributed by atoms with Crippen LogP contribution in [0.1, 0.15) is 12.8 Å². The molecule has 35 heavy (non-hydrogen) atoms. The second-order valence-electron chi connectivity index (χ2n) is 7.33. The molecule has 1 aliphatic heterocycles. The quantitative estimate of drug-likeness (QED) is 0.377. The lowest BCUT2D eigenvalue weighted by Gasteiger charge is -2.28. The van der Waals surface area contributed by atoms with Crippen LogP contribution in [0.15, 0.2) is 58.4 Å². The van der Waals surface area contributed by atoms with Crippen molar-refractivity contribution in [2.24, 2.45) is 4.99 Å². The number of hydrogen-bond donors (Lipinski definition) is 2. The summed E-state index contributed by atoms with van der Waals surface area (Å²) in [5.74, 6) is -1.77. The number of hydroxylamine groups is 1. The normalized spacial score (nSPS) is 15.1. The molecule has 0 fully saturated rings. The molecule has 0 saturated heterocycles. The number of amides is 4. The predicted molar refractivity (Wildman–Crippen MR) is 121 cm³/mol. The highest BCUT2D eigenvalue weighted by molar-refractivity contribution is 7.89. The molecule has 0 bridgehead atoms. The zero-order chi connectivity index (χ0) is 25.8. The molecule has 1 heterocycles. The van der Waals surface area contributed by atoms with E-state index in [-0.39, 0.29) is 41.0 Å². The van der Waals surface area contributed by atoms with Crippen molar-refractivity contribution in [3.63, 3.8) is 0 Å². The van der Waals surface area contributed by atoms with Crippen LogP contribution in [0.4, 0.5) is 9.18 Å². The van der Waals surface area contributed by atoms with E-state index in [1.54, 1.807) is 0 Å². The lowest BCUT2D eigenvalue weighted by molar-refractivity contribution is -0.134. The molecule has 3 rings (SSSR count). The average molecular weight is 527 g/mol. The van der Waals surface area contributed by atoms with Crippen LogP contribution < -0.4 is 10.2 Å². The summed E-state index contributed by atoms with van der Waals surface area (Å²) in [6, 6.07) is 8.12. The molecule has 1 atom stereocenters. The van der Waals surface area contributed by atoms with E-state index in [1.807, 2.05) is 0 Å². The van der Waals surface area contributed by atoms with E-state index in [2.05, 4.69) is 4.99 Å². The summed E-state index contributed by atoms with van der Waals surface area (Å²) in [4.78, 5) is 40.3. The standard InChI is InChI=1S/C21H20ClFN4O7S/c1-26(17(20(29)25-31)9-10-27-19(28)12-18(22)24-21(27)30)35(32,33)16-7-5-14(6-8-16)34-15-4-2-3-13(23)11-15/h2-8,11,17,31H,9-10,12H2,1H3,(H,25,29). The molecule has 11 nitrogen and oxygen atoms in total. The highest BCUT2D eigenvalue weighted by Crippen LogP contribution is 2.25. The highest BCUT2D eigenvalue weighted by atomic mass is 35.5. The number of sulfonamides is 1. The van der Waals surface area contributed by atoms with Gasteiger partial charge >= 0.3 is 6.03 Å². The number of carbonyl (C=O) groups is 3. The first-order valence-corrected chi connectivity index (χ1v) is 11.9. The Morgan fingerprint density at radius 3 is 2.54 bits per heavy atom. The van der Waals surface area contributed by atoms with Crippen molar-refractivity contribution in [3.05, 3.63) is 54.3 Å². The molecule has 14 heteroatoms. The van der Waals surface area contributed by atoms with E-state index in [0.717, 1.165) is 18.0 Å². The molecular weight excluding hydrogens is 507 g/mol. The number of nitrogens with one attached hydrogen (secondary N) is 1. The zero-order valence-electron chi connectivity index (χ0n) is 18.2. The van der Waals surface area contributed by atoms with E-state index in [1.165, 1.54) is 47.9 Å². The van der Waals surface area contributed by atoms with Crippen LogP contribution in [0.2, 0.25) is 0 Å². The number of carbonyl (C=O) groups excluding carboxylic acids is 3. The smallest absolute Gasteiger partial charge is 0.351 e. The molecule has 0 spiro atoms. The Kier molecular flexibility index (Phi) is 8.17. The first kappa shape index (κ1) is 26.2. The number of ether oxygens (including phenoxy) is 1. The van der Waals surface area contributed by atoms with Crippen LogP contribution >= 0.6 is 11.6 Å². The zero-order valence-corrected chi connectivity index (χ0v) is 19.8. The van der Waals surface area contributed by atoms with Crippen molar-refractivity contribution in [2.75, 3.05) is 13.6 Å². The van der Waals surface area contributed by atoms with Crippen LogP contribution in [0.5, 0.6) is 11.5 Å². The summed E-state index contributed by atoms with van der Waals surface area (Å²) < 4.78 is 45.8. The summed E-state index contributed by atoms with van der Waals surface area (Å²) >= 11 is 5.62. The Bertz CT molecular complexity index is 1270. The molecule has 2 N–H and O–H groups in total. The fraction of sp³-hybridized carbons (Fsp3) is 0.238. The second kappa shape index (κ2) is 10.9. The third-order valence-electron chi connectivity index (χ3n) is 5.06. The second-order valence-corrected chi connectivity index (χ2v) is 9.76. The van der Waals surface area contributed by atoms with E-state index >= 15 is 0 Å². The molecule has 186 valence electrons. The van der Waals surface area contributed by atoms with Crippen molar-refractivity contribution in [1.82, 2.24) is 14.7 Å². The summed E-state index contributed by atoms with van der Waals surface area (Å²) in [5.41, 5.74) is 1.39. The van der Waals surface area contributed by atoms with E-state index in [4.69, 9.17) is 21.5 Å². The number of urea groups is 1. The number of imide groups is 1. The highest BCUT2D eigenvalue weighted by Gasteiger charge is 2.35. The van der Waals surface area contributed by atoms with Crippen molar-refractivity contribution >= 4 is 44.6 Å². The molecule has 0 radical (unpaired) electrons. The van der Waals surface area contributed by atoms with Gasteiger partial charge in [0.25, 0.3) is 5.91 Å². The number of hydrogen-bond acceptors (Lipinski definition) is 7. The third kappa shape index (κ3) is 6.19. The molecule has 0 aromatic heterocycles. The maximum atomic E-state index is 13.3. The minimum Gasteiger partial charge on any atom is -0.457 e. The van der Waals surface area contributed by atoms with Crippen LogP contribution in [-0.2, 0) is 19.6 Å². The van der Waals surface area contributed by atoms with Crippen LogP contribution in [0.3, 0.4) is 0 Å². The minimum atomic E-state index is -4.27. The maximum Gasteiger partial charge on any atom is 0.351 e. The Hall–Kier alpha value is -3.39. The SMILES string of the molecule is CN(C(CCN1C(=O)CC(Cl)=NC1=O)C(=O)NO)S(=O)(=O)c1ccc(Oc2cccc(F)c2)cc1. The number of benzene rings is 2. The minimum absolute atomic E-state index is 0.176. The van der Waals surface area contributed by atoms with E-state index in [0.29, 0.717) is 4.31 Å². The summed E-state index contributed by atoms with van der Waals surface area (Å²) in [7, 11) is -3.16. The largest absolute Gasteiger partial charge is 0.457 e. The Balaban J connectivity index is 1.76. The average Bonchev–Trinajstić information content (AvgIpc) is 2.80. The topological polar surface area (TPSA) is 146 Å². The van der Waals surface area contributed by atoms with Gasteiger partial charge in [0.2, 0.25) is 15.9 Å². The fourth-order valence-corrected chi connectivity index (χ4v) is 4.77. The van der Waals surface area contributed by atoms with Crippen molar-refractivity contribution in [1.29, 1.82) is 0 Å². The lowest BCUT2D eigenvalue weighted by atomic mass is 10.2. The van der Waals surface area contributed by atoms with Gasteiger partial charge in [0.05, 0.1) is 11.3 Å². The van der Waals surface area contributed by atoms with Gasteiger partial charge in [-0.2, -0.15) is 9.30 Å². The molecule has 2 aromatic rings. The Morgan fingerprint density at radius 1 is 1.26 bits per heavy atom. The molecule has 0 saturated carbocycles. The van der Waals surface area contributed by atoms with Crippen LogP contribution in [0.25, 0.3) is 0 Å². The van der Waals surface area contributed by atoms with Gasteiger partial charge in [-0.3, -0.25) is 19.7 Å². The summed E-state index contributed by atoms with van der Waals surface area (Å²) in [6.45, 7) is -0.344. The molecule has 1 aliphatic rings. The van der Waals surface area contributed by atoms with Gasteiger partial charge in [-0.05, 0) is 42.8 Å². The van der Waals surface area contributed by atoms with Crippen molar-refractivity contribution in [2.45, 2.75) is 23.8 Å². The Morgan fingerprint density at radius 2 is 1.94 bits per heavy atom. The predicted octanol–water partition coefficient (Wildman–Crippen LogP) is 2.49.